The first-order valence-corrected chi connectivity index (χ1v) is 5.46. The van der Waals surface area contributed by atoms with Crippen LogP contribution in [0.1, 0.15) is 6.92 Å². The van der Waals surface area contributed by atoms with Gasteiger partial charge in [0, 0.05) is 0 Å². The molecular formula is C13H15F2N3O. The number of hydrogen-bond donors (Lipinski definition) is 2. The lowest BCUT2D eigenvalue weighted by atomic mass is 10.2. The van der Waals surface area contributed by atoms with Crippen LogP contribution in [-0.2, 0) is 0 Å². The van der Waals surface area contributed by atoms with E-state index in [1.54, 1.807) is 13.0 Å². The van der Waals surface area contributed by atoms with Crippen LogP contribution in [0.2, 0.25) is 0 Å². The predicted molar refractivity (Wildman–Crippen MR) is 70.6 cm³/mol. The summed E-state index contributed by atoms with van der Waals surface area (Å²) in [7, 11) is 0. The Morgan fingerprint density at radius 3 is 2.63 bits per heavy atom. The highest BCUT2D eigenvalue weighted by Gasteiger charge is 2.08. The van der Waals surface area contributed by atoms with Crippen LogP contribution >= 0.6 is 0 Å². The van der Waals surface area contributed by atoms with Crippen molar-refractivity contribution >= 4 is 6.72 Å². The highest BCUT2D eigenvalue weighted by Crippen LogP contribution is 2.20. The Morgan fingerprint density at radius 2 is 2.11 bits per heavy atom. The third-order valence-electron chi connectivity index (χ3n) is 2.34. The van der Waals surface area contributed by atoms with Gasteiger partial charge in [0.15, 0.2) is 17.4 Å². The smallest absolute Gasteiger partial charge is 0.191 e. The summed E-state index contributed by atoms with van der Waals surface area (Å²) in [5.74, 6) is 3.39. The molecule has 4 nitrogen and oxygen atoms in total. The van der Waals surface area contributed by atoms with Crippen LogP contribution in [0.15, 0.2) is 46.7 Å². The third kappa shape index (κ3) is 4.18. The molecule has 0 atom stereocenters. The van der Waals surface area contributed by atoms with Crippen LogP contribution in [0.5, 0.6) is 5.75 Å². The molecule has 0 spiro atoms. The summed E-state index contributed by atoms with van der Waals surface area (Å²) in [5, 5.41) is 0. The Kier molecular flexibility index (Phi) is 5.69. The Morgan fingerprint density at radius 1 is 1.47 bits per heavy atom. The highest BCUT2D eigenvalue weighted by molar-refractivity contribution is 5.32. The van der Waals surface area contributed by atoms with Crippen LogP contribution < -0.4 is 16.0 Å². The minimum Gasteiger partial charge on any atom is -0.483 e. The first kappa shape index (κ1) is 14.8. The lowest BCUT2D eigenvalue weighted by Gasteiger charge is -2.08. The molecule has 0 radical (unpaired) electrons. The van der Waals surface area contributed by atoms with Crippen LogP contribution in [0.25, 0.3) is 0 Å². The standard InChI is InChI=1S/C13H15F2N3O/c1-9(12(18-16)8-17-2)6-7-19-13-10(14)4-3-5-11(13)15/h3-6,8,18H,2,7,16H2,1H3/b9-6-,12-8+. The van der Waals surface area contributed by atoms with Gasteiger partial charge < -0.3 is 10.2 Å². The molecule has 0 saturated heterocycles. The monoisotopic (exact) mass is 267 g/mol. The van der Waals surface area contributed by atoms with E-state index in [1.165, 1.54) is 12.3 Å². The Balaban J connectivity index is 2.72. The lowest BCUT2D eigenvalue weighted by molar-refractivity contribution is 0.320. The number of rotatable bonds is 6. The average molecular weight is 267 g/mol. The van der Waals surface area contributed by atoms with Crippen molar-refractivity contribution in [1.29, 1.82) is 0 Å². The Bertz CT molecular complexity index is 492. The lowest BCUT2D eigenvalue weighted by Crippen LogP contribution is -2.21. The first-order valence-electron chi connectivity index (χ1n) is 5.46. The van der Waals surface area contributed by atoms with Gasteiger partial charge >= 0.3 is 0 Å². The van der Waals surface area contributed by atoms with Crippen molar-refractivity contribution in [2.24, 2.45) is 10.8 Å². The zero-order chi connectivity index (χ0) is 14.3. The zero-order valence-corrected chi connectivity index (χ0v) is 10.5. The number of para-hydroxylation sites is 1. The molecule has 0 saturated carbocycles. The van der Waals surface area contributed by atoms with Crippen molar-refractivity contribution in [3.8, 4) is 5.75 Å². The van der Waals surface area contributed by atoms with E-state index in [0.717, 1.165) is 12.1 Å². The molecule has 0 aliphatic carbocycles. The normalized spacial score (nSPS) is 12.2. The van der Waals surface area contributed by atoms with Gasteiger partial charge in [0.05, 0.1) is 11.9 Å². The van der Waals surface area contributed by atoms with Crippen LogP contribution in [-0.4, -0.2) is 13.3 Å². The molecule has 0 unspecified atom stereocenters. The van der Waals surface area contributed by atoms with Crippen molar-refractivity contribution in [2.75, 3.05) is 6.61 Å². The minimum atomic E-state index is -0.744. The van der Waals surface area contributed by atoms with E-state index in [-0.39, 0.29) is 6.61 Å². The molecule has 19 heavy (non-hydrogen) atoms. The summed E-state index contributed by atoms with van der Waals surface area (Å²) in [6.07, 6.45) is 3.04. The van der Waals surface area contributed by atoms with E-state index >= 15 is 0 Å². The van der Waals surface area contributed by atoms with Gasteiger partial charge in [-0.15, -0.1) is 0 Å². The number of nitrogens with two attached hydrogens (primary N) is 1. The molecule has 0 fully saturated rings. The molecule has 0 aliphatic rings. The second-order valence-electron chi connectivity index (χ2n) is 3.62. The van der Waals surface area contributed by atoms with Gasteiger partial charge in [-0.3, -0.25) is 10.8 Å². The average Bonchev–Trinajstić information content (AvgIpc) is 2.39. The summed E-state index contributed by atoms with van der Waals surface area (Å²) in [6, 6.07) is 3.53. The van der Waals surface area contributed by atoms with Gasteiger partial charge in [0.1, 0.15) is 6.61 Å². The summed E-state index contributed by atoms with van der Waals surface area (Å²) < 4.78 is 31.6. The largest absolute Gasteiger partial charge is 0.483 e. The molecule has 1 aromatic rings. The fourth-order valence-corrected chi connectivity index (χ4v) is 1.32. The molecule has 0 amide bonds. The van der Waals surface area contributed by atoms with Gasteiger partial charge in [-0.2, -0.15) is 0 Å². The molecule has 1 rings (SSSR count). The van der Waals surface area contributed by atoms with Gasteiger partial charge in [0.2, 0.25) is 0 Å². The maximum Gasteiger partial charge on any atom is 0.191 e. The molecule has 0 bridgehead atoms. The molecule has 0 heterocycles. The van der Waals surface area contributed by atoms with E-state index in [1.807, 2.05) is 0 Å². The second-order valence-corrected chi connectivity index (χ2v) is 3.62. The number of aliphatic imine (C=N–C) groups is 1. The maximum atomic E-state index is 13.3. The number of halogens is 2. The fraction of sp³-hybridized carbons (Fsp3) is 0.154. The van der Waals surface area contributed by atoms with Crippen LogP contribution in [0.3, 0.4) is 0 Å². The Hall–Kier alpha value is -2.21. The Labute approximate surface area is 110 Å². The molecular weight excluding hydrogens is 252 g/mol. The summed E-state index contributed by atoms with van der Waals surface area (Å²) in [5.41, 5.74) is 3.68. The summed E-state index contributed by atoms with van der Waals surface area (Å²) >= 11 is 0. The number of nitrogens with one attached hydrogen (secondary N) is 1. The van der Waals surface area contributed by atoms with E-state index < -0.39 is 17.4 Å². The summed E-state index contributed by atoms with van der Waals surface area (Å²) in [4.78, 5) is 3.57. The van der Waals surface area contributed by atoms with Gasteiger partial charge in [-0.1, -0.05) is 6.07 Å². The molecule has 0 aromatic heterocycles. The van der Waals surface area contributed by atoms with E-state index in [0.29, 0.717) is 11.3 Å². The van der Waals surface area contributed by atoms with E-state index in [2.05, 4.69) is 17.1 Å². The number of ether oxygens (including phenoxy) is 1. The van der Waals surface area contributed by atoms with Crippen molar-refractivity contribution in [1.82, 2.24) is 5.43 Å². The predicted octanol–water partition coefficient (Wildman–Crippen LogP) is 2.30. The van der Waals surface area contributed by atoms with E-state index in [4.69, 9.17) is 10.6 Å². The second kappa shape index (κ2) is 7.27. The molecule has 3 N–H and O–H groups in total. The highest BCUT2D eigenvalue weighted by atomic mass is 19.1. The number of allylic oxidation sites excluding steroid dienone is 1. The molecule has 0 aliphatic heterocycles. The quantitative estimate of drug-likeness (QED) is 0.360. The van der Waals surface area contributed by atoms with Crippen molar-refractivity contribution < 1.29 is 13.5 Å². The van der Waals surface area contributed by atoms with E-state index in [9.17, 15) is 8.78 Å². The van der Waals surface area contributed by atoms with Gasteiger partial charge in [-0.25, -0.2) is 8.78 Å². The van der Waals surface area contributed by atoms with Crippen LogP contribution in [0, 0.1) is 11.6 Å². The van der Waals surface area contributed by atoms with Crippen molar-refractivity contribution in [3.63, 3.8) is 0 Å². The molecule has 6 heteroatoms. The number of benzene rings is 1. The van der Waals surface area contributed by atoms with Crippen LogP contribution in [0.4, 0.5) is 8.78 Å². The number of hydrogen-bond acceptors (Lipinski definition) is 4. The minimum absolute atomic E-state index is 0.000149. The SMILES string of the molecule is C=N/C=C(NN)\C(C)=C/COc1c(F)cccc1F. The number of nitrogens with zero attached hydrogens (tertiary/aromatic N) is 1. The van der Waals surface area contributed by atoms with Crippen molar-refractivity contribution in [2.45, 2.75) is 6.92 Å². The first-order chi connectivity index (χ1) is 9.10. The number of hydrazine groups is 1. The van der Waals surface area contributed by atoms with Gasteiger partial charge in [0.25, 0.3) is 0 Å². The van der Waals surface area contributed by atoms with Crippen molar-refractivity contribution in [3.05, 3.63) is 53.4 Å². The maximum absolute atomic E-state index is 13.3. The molecule has 102 valence electrons. The summed E-state index contributed by atoms with van der Waals surface area (Å²) in [6.45, 7) is 5.05. The zero-order valence-electron chi connectivity index (χ0n) is 10.5. The van der Waals surface area contributed by atoms with Gasteiger partial charge in [-0.05, 0) is 37.4 Å². The fourth-order valence-electron chi connectivity index (χ4n) is 1.32. The topological polar surface area (TPSA) is 59.6 Å². The third-order valence-corrected chi connectivity index (χ3v) is 2.34. The molecule has 1 aromatic carbocycles.